The predicted molar refractivity (Wildman–Crippen MR) is 78.4 cm³/mol. The molecule has 0 bridgehead atoms. The molecule has 2 aromatic heterocycles. The minimum Gasteiger partial charge on any atom is -0.493 e. The number of rotatable bonds is 2. The second-order valence-electron chi connectivity index (χ2n) is 5.24. The molecule has 21 heavy (non-hydrogen) atoms. The lowest BCUT2D eigenvalue weighted by atomic mass is 9.93. The topological polar surface area (TPSA) is 64.4 Å². The van der Waals surface area contributed by atoms with E-state index in [1.54, 1.807) is 19.5 Å². The fourth-order valence-electron chi connectivity index (χ4n) is 3.06. The largest absolute Gasteiger partial charge is 0.493 e. The number of fused-ring (bicyclic) bond motifs is 3. The van der Waals surface area contributed by atoms with Gasteiger partial charge in [0.15, 0.2) is 16.9 Å². The van der Waals surface area contributed by atoms with Crippen molar-refractivity contribution in [1.82, 2.24) is 10.3 Å². The van der Waals surface area contributed by atoms with Crippen molar-refractivity contribution in [3.63, 3.8) is 0 Å². The van der Waals surface area contributed by atoms with Crippen LogP contribution in [0.3, 0.4) is 0 Å². The Hall–Kier alpha value is -2.56. The van der Waals surface area contributed by atoms with Crippen molar-refractivity contribution >= 4 is 27.8 Å². The van der Waals surface area contributed by atoms with Crippen molar-refractivity contribution in [2.75, 3.05) is 13.7 Å². The first-order valence-electron chi connectivity index (χ1n) is 6.87. The summed E-state index contributed by atoms with van der Waals surface area (Å²) in [6.45, 7) is 0.665. The Morgan fingerprint density at radius 3 is 3.05 bits per heavy atom. The van der Waals surface area contributed by atoms with Gasteiger partial charge in [-0.15, -0.1) is 0 Å². The zero-order valence-corrected chi connectivity index (χ0v) is 11.6. The van der Waals surface area contributed by atoms with Crippen LogP contribution in [0.4, 0.5) is 0 Å². The molecule has 0 spiro atoms. The molecule has 1 aliphatic heterocycles. The highest BCUT2D eigenvalue weighted by atomic mass is 16.5. The Labute approximate surface area is 120 Å². The van der Waals surface area contributed by atoms with Gasteiger partial charge in [-0.1, -0.05) is 6.07 Å². The predicted octanol–water partition coefficient (Wildman–Crippen LogP) is 2.59. The summed E-state index contributed by atoms with van der Waals surface area (Å²) >= 11 is 0. The van der Waals surface area contributed by atoms with Crippen LogP contribution in [0, 0.1) is 0 Å². The number of hydrogen-bond acceptors (Lipinski definition) is 4. The number of aromatic nitrogens is 1. The molecule has 0 aliphatic carbocycles. The summed E-state index contributed by atoms with van der Waals surface area (Å²) < 4.78 is 11.3. The summed E-state index contributed by atoms with van der Waals surface area (Å²) in [5.41, 5.74) is 2.57. The quantitative estimate of drug-likeness (QED) is 0.784. The van der Waals surface area contributed by atoms with Crippen LogP contribution in [0.15, 0.2) is 35.0 Å². The molecule has 1 N–H and O–H groups in total. The molecular formula is C16H14N2O3. The maximum atomic E-state index is 11.5. The first kappa shape index (κ1) is 12.2. The van der Waals surface area contributed by atoms with E-state index in [0.717, 1.165) is 27.5 Å². The van der Waals surface area contributed by atoms with Crippen LogP contribution in [0.1, 0.15) is 17.9 Å². The number of pyridine rings is 1. The molecule has 1 unspecified atom stereocenters. The van der Waals surface area contributed by atoms with Gasteiger partial charge >= 0.3 is 0 Å². The van der Waals surface area contributed by atoms with Gasteiger partial charge in [0.05, 0.1) is 13.3 Å². The second kappa shape index (κ2) is 4.48. The molecule has 1 atom stereocenters. The van der Waals surface area contributed by atoms with Crippen LogP contribution < -0.4 is 10.1 Å². The van der Waals surface area contributed by atoms with E-state index in [1.807, 2.05) is 18.2 Å². The molecule has 3 heterocycles. The van der Waals surface area contributed by atoms with Gasteiger partial charge in [-0.25, -0.2) is 0 Å². The third-order valence-electron chi connectivity index (χ3n) is 4.06. The molecular weight excluding hydrogens is 268 g/mol. The van der Waals surface area contributed by atoms with Crippen LogP contribution in [-0.2, 0) is 4.79 Å². The Balaban J connectivity index is 2.04. The third kappa shape index (κ3) is 1.77. The monoisotopic (exact) mass is 282 g/mol. The first-order valence-corrected chi connectivity index (χ1v) is 6.87. The van der Waals surface area contributed by atoms with E-state index in [1.165, 1.54) is 0 Å². The Morgan fingerprint density at radius 1 is 1.38 bits per heavy atom. The minimum absolute atomic E-state index is 0.0958. The lowest BCUT2D eigenvalue weighted by Crippen LogP contribution is -2.13. The number of benzene rings is 1. The molecule has 1 amide bonds. The van der Waals surface area contributed by atoms with Gasteiger partial charge in [0.2, 0.25) is 5.91 Å². The van der Waals surface area contributed by atoms with Crippen LogP contribution in [0.5, 0.6) is 5.75 Å². The number of carbonyl (C=O) groups excluding carboxylic acids is 1. The van der Waals surface area contributed by atoms with Gasteiger partial charge in [0.25, 0.3) is 0 Å². The zero-order chi connectivity index (χ0) is 14.4. The molecule has 0 radical (unpaired) electrons. The van der Waals surface area contributed by atoms with Crippen LogP contribution >= 0.6 is 0 Å². The normalized spacial score (nSPS) is 18.3. The van der Waals surface area contributed by atoms with Crippen molar-refractivity contribution in [2.24, 2.45) is 0 Å². The van der Waals surface area contributed by atoms with E-state index in [-0.39, 0.29) is 11.8 Å². The van der Waals surface area contributed by atoms with E-state index in [2.05, 4.69) is 10.3 Å². The van der Waals surface area contributed by atoms with E-state index in [0.29, 0.717) is 18.7 Å². The number of amides is 1. The summed E-state index contributed by atoms with van der Waals surface area (Å²) in [7, 11) is 1.63. The second-order valence-corrected chi connectivity index (χ2v) is 5.24. The van der Waals surface area contributed by atoms with Crippen LogP contribution in [0.25, 0.3) is 21.9 Å². The van der Waals surface area contributed by atoms with Crippen molar-refractivity contribution in [3.8, 4) is 5.75 Å². The van der Waals surface area contributed by atoms with Crippen molar-refractivity contribution in [2.45, 2.75) is 12.3 Å². The fraction of sp³-hybridized carbons (Fsp3) is 0.250. The van der Waals surface area contributed by atoms with Gasteiger partial charge in [-0.3, -0.25) is 9.78 Å². The highest BCUT2D eigenvalue weighted by Crippen LogP contribution is 2.40. The highest BCUT2D eigenvalue weighted by molar-refractivity contribution is 6.08. The Kier molecular flexibility index (Phi) is 2.60. The summed E-state index contributed by atoms with van der Waals surface area (Å²) in [4.78, 5) is 15.6. The van der Waals surface area contributed by atoms with Gasteiger partial charge < -0.3 is 14.5 Å². The number of furan rings is 1. The molecule has 1 aliphatic rings. The van der Waals surface area contributed by atoms with Gasteiger partial charge in [0, 0.05) is 35.9 Å². The first-order chi connectivity index (χ1) is 10.3. The third-order valence-corrected chi connectivity index (χ3v) is 4.06. The van der Waals surface area contributed by atoms with Crippen molar-refractivity contribution in [1.29, 1.82) is 0 Å². The van der Waals surface area contributed by atoms with E-state index >= 15 is 0 Å². The number of carbonyl (C=O) groups is 1. The average Bonchev–Trinajstić information content (AvgIpc) is 3.10. The fourth-order valence-corrected chi connectivity index (χ4v) is 3.06. The maximum Gasteiger partial charge on any atom is 0.220 e. The van der Waals surface area contributed by atoms with Crippen molar-refractivity contribution in [3.05, 3.63) is 36.2 Å². The number of ether oxygens (including phenoxy) is 1. The summed E-state index contributed by atoms with van der Waals surface area (Å²) in [6, 6.07) is 5.87. The number of nitrogens with zero attached hydrogens (tertiary/aromatic N) is 1. The molecule has 5 heteroatoms. The molecule has 1 aromatic carbocycles. The average molecular weight is 282 g/mol. The van der Waals surface area contributed by atoms with Gasteiger partial charge in [0.1, 0.15) is 0 Å². The van der Waals surface area contributed by atoms with E-state index in [4.69, 9.17) is 9.15 Å². The SMILES string of the molecule is COc1ccc(C2CNC(=O)C2)c2c1oc1cnccc12. The van der Waals surface area contributed by atoms with Crippen LogP contribution in [-0.4, -0.2) is 24.5 Å². The number of methoxy groups -OCH3 is 1. The van der Waals surface area contributed by atoms with E-state index < -0.39 is 0 Å². The Bertz CT molecular complexity index is 853. The van der Waals surface area contributed by atoms with Gasteiger partial charge in [-0.05, 0) is 17.7 Å². The maximum absolute atomic E-state index is 11.5. The molecule has 1 saturated heterocycles. The smallest absolute Gasteiger partial charge is 0.220 e. The molecule has 3 aromatic rings. The van der Waals surface area contributed by atoms with Crippen molar-refractivity contribution < 1.29 is 13.9 Å². The van der Waals surface area contributed by atoms with Gasteiger partial charge in [-0.2, -0.15) is 0 Å². The highest BCUT2D eigenvalue weighted by Gasteiger charge is 2.27. The number of hydrogen-bond donors (Lipinski definition) is 1. The summed E-state index contributed by atoms with van der Waals surface area (Å²) in [6.07, 6.45) is 3.97. The molecule has 106 valence electrons. The minimum atomic E-state index is 0.0958. The van der Waals surface area contributed by atoms with E-state index in [9.17, 15) is 4.79 Å². The standard InChI is InChI=1S/C16H14N2O3/c1-20-12-3-2-10(9-6-14(19)18-7-9)15-11-4-5-17-8-13(11)21-16(12)15/h2-5,8-9H,6-7H2,1H3,(H,18,19). The molecule has 4 rings (SSSR count). The lowest BCUT2D eigenvalue weighted by molar-refractivity contribution is -0.119. The summed E-state index contributed by atoms with van der Waals surface area (Å²) in [5.74, 6) is 0.959. The Morgan fingerprint density at radius 2 is 2.29 bits per heavy atom. The lowest BCUT2D eigenvalue weighted by Gasteiger charge is -2.11. The molecule has 5 nitrogen and oxygen atoms in total. The molecule has 1 fully saturated rings. The zero-order valence-electron chi connectivity index (χ0n) is 11.6. The molecule has 0 saturated carbocycles. The summed E-state index contributed by atoms with van der Waals surface area (Å²) in [5, 5.41) is 4.92. The number of nitrogens with one attached hydrogen (secondary N) is 1. The van der Waals surface area contributed by atoms with Crippen LogP contribution in [0.2, 0.25) is 0 Å².